The minimum atomic E-state index is -6.87. The Hall–Kier alpha value is -0.411. The number of benzene rings is 1. The van der Waals surface area contributed by atoms with Gasteiger partial charge in [0.25, 0.3) is 0 Å². The van der Waals surface area contributed by atoms with Gasteiger partial charge in [0.1, 0.15) is 0 Å². The first-order valence-electron chi connectivity index (χ1n) is 10.1. The maximum absolute atomic E-state index is 13.9. The Morgan fingerprint density at radius 1 is 0.971 bits per heavy atom. The molecule has 0 radical (unpaired) electrons. The standard InChI is InChI=1S/C11H13O2.C8H7F9I.2CH3.Sn/c1-11(2,3)13-10(12)9-7-5-4-6-8-9;1-2-4(18)3-5(9,10)6(11,12)7(13,14)8(15,16)17;;;/h4-5,7-8H,1-3H3;4H,1-3H2;2*1H3;. The average Bonchev–Trinajstić information content (AvgIpc) is 2.63. The molecule has 0 bridgehead atoms. The Morgan fingerprint density at radius 2 is 1.50 bits per heavy atom. The van der Waals surface area contributed by atoms with Crippen LogP contribution in [0.25, 0.3) is 0 Å². The molecule has 0 aliphatic carbocycles. The summed E-state index contributed by atoms with van der Waals surface area (Å²) in [6, 6.07) is 6.55. The number of carbonyl (C=O) groups is 1. The molecule has 0 aliphatic rings. The second-order valence-corrected chi connectivity index (χ2v) is 25.2. The molecule has 0 saturated heterocycles. The predicted molar refractivity (Wildman–Crippen MR) is 121 cm³/mol. The zero-order valence-electron chi connectivity index (χ0n) is 19.1. The molecule has 0 amide bonds. The van der Waals surface area contributed by atoms with Crippen molar-refractivity contribution in [2.75, 3.05) is 0 Å². The van der Waals surface area contributed by atoms with Crippen molar-refractivity contribution in [2.24, 2.45) is 0 Å². The maximum atomic E-state index is 13.9. The van der Waals surface area contributed by atoms with Crippen LogP contribution in [0.3, 0.4) is 0 Å². The fourth-order valence-corrected chi connectivity index (χ4v) is 12.5. The van der Waals surface area contributed by atoms with Gasteiger partial charge in [-0.2, -0.15) is 0 Å². The summed E-state index contributed by atoms with van der Waals surface area (Å²) in [5.74, 6) is -19.6. The Kier molecular flexibility index (Phi) is 9.79. The van der Waals surface area contributed by atoms with E-state index in [9.17, 15) is 44.3 Å². The fraction of sp³-hybridized carbons (Fsp3) is 0.667. The van der Waals surface area contributed by atoms with Gasteiger partial charge in [-0.15, -0.1) is 0 Å². The van der Waals surface area contributed by atoms with Crippen LogP contribution in [0.4, 0.5) is 39.5 Å². The van der Waals surface area contributed by atoms with Crippen LogP contribution in [0.5, 0.6) is 0 Å². The zero-order chi connectivity index (χ0) is 27.0. The number of alkyl halides is 10. The first-order valence-corrected chi connectivity index (χ1v) is 20.5. The molecule has 0 aromatic heterocycles. The van der Waals surface area contributed by atoms with Gasteiger partial charge in [0.05, 0.1) is 0 Å². The molecule has 34 heavy (non-hydrogen) atoms. The molecule has 1 aromatic carbocycles. The molecule has 1 unspecified atom stereocenters. The van der Waals surface area contributed by atoms with Crippen molar-refractivity contribution < 1.29 is 49.0 Å². The van der Waals surface area contributed by atoms with Gasteiger partial charge in [-0.25, -0.2) is 0 Å². The number of carbonyl (C=O) groups excluding carboxylic acids is 1. The van der Waals surface area contributed by atoms with E-state index >= 15 is 0 Å². The van der Waals surface area contributed by atoms with Crippen molar-refractivity contribution >= 4 is 50.5 Å². The number of hydrogen-bond donors (Lipinski definition) is 0. The number of halogens is 10. The normalized spacial score (nSPS) is 15.3. The minimum absolute atomic E-state index is 0.0937. The van der Waals surface area contributed by atoms with Crippen molar-refractivity contribution in [1.82, 2.24) is 0 Å². The van der Waals surface area contributed by atoms with E-state index in [1.54, 1.807) is 45.0 Å². The third-order valence-electron chi connectivity index (χ3n) is 5.05. The summed E-state index contributed by atoms with van der Waals surface area (Å²) < 4.78 is 123. The van der Waals surface area contributed by atoms with Gasteiger partial charge in [-0.3, -0.25) is 0 Å². The molecule has 0 aliphatic heterocycles. The van der Waals surface area contributed by atoms with Crippen molar-refractivity contribution in [3.63, 3.8) is 0 Å². The molecule has 1 aromatic rings. The molecule has 196 valence electrons. The van der Waals surface area contributed by atoms with Crippen molar-refractivity contribution in [2.45, 2.75) is 81.4 Å². The van der Waals surface area contributed by atoms with E-state index in [-0.39, 0.29) is 12.0 Å². The number of rotatable bonds is 9. The van der Waals surface area contributed by atoms with Crippen LogP contribution in [-0.2, 0) is 4.74 Å². The molecule has 0 saturated carbocycles. The monoisotopic (exact) mass is 728 g/mol. The summed E-state index contributed by atoms with van der Waals surface area (Å²) in [4.78, 5) is 16.1. The van der Waals surface area contributed by atoms with Crippen LogP contribution in [0, 0.1) is 0 Å². The Balaban J connectivity index is 2.95. The molecule has 1 atom stereocenters. The summed E-state index contributed by atoms with van der Waals surface area (Å²) in [6.45, 7) is 5.09. The van der Waals surface area contributed by atoms with E-state index in [1.165, 1.54) is 22.6 Å². The van der Waals surface area contributed by atoms with Gasteiger partial charge in [0.15, 0.2) is 0 Å². The van der Waals surface area contributed by atoms with Gasteiger partial charge >= 0.3 is 211 Å². The summed E-state index contributed by atoms with van der Waals surface area (Å²) in [5.41, 5.74) is -0.444. The molecular formula is C21H26F9IO2Sn. The zero-order valence-corrected chi connectivity index (χ0v) is 24.1. The second-order valence-electron chi connectivity index (χ2n) is 9.66. The summed E-state index contributed by atoms with van der Waals surface area (Å²) >= 11 is -1.93. The van der Waals surface area contributed by atoms with Crippen LogP contribution in [-0.4, -0.2) is 57.8 Å². The van der Waals surface area contributed by atoms with Crippen molar-refractivity contribution in [3.05, 3.63) is 29.8 Å². The quantitative estimate of drug-likeness (QED) is 0.0862. The van der Waals surface area contributed by atoms with Crippen molar-refractivity contribution in [1.29, 1.82) is 0 Å². The molecule has 0 heterocycles. The first kappa shape index (κ1) is 31.6. The molecule has 0 fully saturated rings. The van der Waals surface area contributed by atoms with Crippen LogP contribution in [0.2, 0.25) is 14.3 Å². The van der Waals surface area contributed by atoms with E-state index in [4.69, 9.17) is 4.74 Å². The third-order valence-corrected chi connectivity index (χ3v) is 15.9. The third kappa shape index (κ3) is 7.55. The number of ether oxygens (including phenoxy) is 1. The van der Waals surface area contributed by atoms with Gasteiger partial charge in [-0.05, 0) is 0 Å². The van der Waals surface area contributed by atoms with Gasteiger partial charge in [0.2, 0.25) is 0 Å². The predicted octanol–water partition coefficient (Wildman–Crippen LogP) is 7.61. The van der Waals surface area contributed by atoms with Gasteiger partial charge in [-0.1, -0.05) is 0 Å². The second kappa shape index (κ2) is 10.5. The van der Waals surface area contributed by atoms with Gasteiger partial charge < -0.3 is 0 Å². The first-order chi connectivity index (χ1) is 14.9. The summed E-state index contributed by atoms with van der Waals surface area (Å²) in [7, 11) is 0. The fourth-order valence-electron chi connectivity index (χ4n) is 2.98. The summed E-state index contributed by atoms with van der Waals surface area (Å²) in [6.07, 6.45) is -8.76. The molecule has 0 spiro atoms. The van der Waals surface area contributed by atoms with Crippen molar-refractivity contribution in [3.8, 4) is 0 Å². The van der Waals surface area contributed by atoms with E-state index in [0.29, 0.717) is 4.44 Å². The van der Waals surface area contributed by atoms with E-state index in [2.05, 4.69) is 0 Å². The average molecular weight is 727 g/mol. The van der Waals surface area contributed by atoms with Crippen LogP contribution < -0.4 is 3.58 Å². The molecule has 2 nitrogen and oxygen atoms in total. The Labute approximate surface area is 210 Å². The topological polar surface area (TPSA) is 26.3 Å². The van der Waals surface area contributed by atoms with Crippen LogP contribution in [0.1, 0.15) is 44.0 Å². The number of hydrogen-bond acceptors (Lipinski definition) is 2. The van der Waals surface area contributed by atoms with Crippen LogP contribution in [0.15, 0.2) is 24.3 Å². The molecule has 0 N–H and O–H groups in total. The Bertz CT molecular complexity index is 865. The van der Waals surface area contributed by atoms with Crippen LogP contribution >= 0.6 is 22.6 Å². The van der Waals surface area contributed by atoms with E-state index in [0.717, 1.165) is 3.58 Å². The molecule has 13 heteroatoms. The molecular weight excluding hydrogens is 701 g/mol. The Morgan fingerprint density at radius 3 is 1.97 bits per heavy atom. The number of esters is 1. The van der Waals surface area contributed by atoms with Gasteiger partial charge in [0, 0.05) is 0 Å². The molecule has 1 rings (SSSR count). The van der Waals surface area contributed by atoms with E-state index < -0.39 is 64.2 Å². The van der Waals surface area contributed by atoms with E-state index in [1.807, 2.05) is 9.88 Å². The SMILES string of the molecule is CC(C)(C)OC(=O)c1ccc[c]([Sn]([CH3])([CH3])[CH2]CC(I)CC(F)(F)C(F)(F)C(F)(F)C(F)(F)F)c1. The summed E-state index contributed by atoms with van der Waals surface area (Å²) in [5, 5.41) is 0.